The van der Waals surface area contributed by atoms with E-state index in [4.69, 9.17) is 16.3 Å². The highest BCUT2D eigenvalue weighted by molar-refractivity contribution is 6.32. The minimum atomic E-state index is -0.461. The third-order valence-corrected chi connectivity index (χ3v) is 2.97. The summed E-state index contributed by atoms with van der Waals surface area (Å²) in [4.78, 5) is 11.7. The number of ether oxygens (including phenoxy) is 1. The zero-order valence-electron chi connectivity index (χ0n) is 11.5. The maximum Gasteiger partial charge on any atom is 0.263 e. The molecule has 0 aliphatic heterocycles. The SMILES string of the molecule is CCCc1cc(NC(=O)COc2ccc(F)cc2Cl)n[nH]1. The van der Waals surface area contributed by atoms with Gasteiger partial charge in [-0.2, -0.15) is 5.10 Å². The lowest BCUT2D eigenvalue weighted by molar-refractivity contribution is -0.118. The van der Waals surface area contributed by atoms with Gasteiger partial charge < -0.3 is 10.1 Å². The number of nitrogens with one attached hydrogen (secondary N) is 2. The second-order valence-corrected chi connectivity index (χ2v) is 4.85. The molecule has 112 valence electrons. The van der Waals surface area contributed by atoms with Crippen LogP contribution in [-0.4, -0.2) is 22.7 Å². The second kappa shape index (κ2) is 7.08. The van der Waals surface area contributed by atoms with E-state index in [1.165, 1.54) is 12.1 Å². The molecule has 2 rings (SSSR count). The monoisotopic (exact) mass is 311 g/mol. The first-order valence-corrected chi connectivity index (χ1v) is 6.88. The van der Waals surface area contributed by atoms with Crippen LogP contribution >= 0.6 is 11.6 Å². The van der Waals surface area contributed by atoms with E-state index in [0.29, 0.717) is 5.82 Å². The average Bonchev–Trinajstić information content (AvgIpc) is 2.85. The fourth-order valence-corrected chi connectivity index (χ4v) is 1.96. The van der Waals surface area contributed by atoms with Gasteiger partial charge in [-0.05, 0) is 24.6 Å². The van der Waals surface area contributed by atoms with Crippen molar-refractivity contribution in [1.29, 1.82) is 0 Å². The quantitative estimate of drug-likeness (QED) is 0.861. The van der Waals surface area contributed by atoms with E-state index >= 15 is 0 Å². The number of aromatic nitrogens is 2. The highest BCUT2D eigenvalue weighted by Crippen LogP contribution is 2.24. The predicted molar refractivity (Wildman–Crippen MR) is 78.1 cm³/mol. The van der Waals surface area contributed by atoms with E-state index in [1.54, 1.807) is 6.07 Å². The molecule has 1 aromatic carbocycles. The summed E-state index contributed by atoms with van der Waals surface area (Å²) in [6.07, 6.45) is 1.85. The molecule has 0 aliphatic carbocycles. The van der Waals surface area contributed by atoms with Gasteiger partial charge in [-0.15, -0.1) is 0 Å². The Morgan fingerprint density at radius 3 is 3.00 bits per heavy atom. The number of hydrogen-bond acceptors (Lipinski definition) is 3. The Hall–Kier alpha value is -2.08. The molecule has 0 saturated carbocycles. The van der Waals surface area contributed by atoms with Gasteiger partial charge in [-0.25, -0.2) is 4.39 Å². The van der Waals surface area contributed by atoms with Crippen molar-refractivity contribution < 1.29 is 13.9 Å². The van der Waals surface area contributed by atoms with Crippen LogP contribution in [0.5, 0.6) is 5.75 Å². The molecule has 2 N–H and O–H groups in total. The molecule has 7 heteroatoms. The average molecular weight is 312 g/mol. The summed E-state index contributed by atoms with van der Waals surface area (Å²) in [6, 6.07) is 5.48. The molecule has 0 atom stereocenters. The zero-order chi connectivity index (χ0) is 15.2. The van der Waals surface area contributed by atoms with E-state index in [-0.39, 0.29) is 23.3 Å². The van der Waals surface area contributed by atoms with Crippen LogP contribution in [0.2, 0.25) is 5.02 Å². The topological polar surface area (TPSA) is 67.0 Å². The maximum atomic E-state index is 12.9. The minimum absolute atomic E-state index is 0.118. The molecule has 0 saturated heterocycles. The lowest BCUT2D eigenvalue weighted by Crippen LogP contribution is -2.20. The van der Waals surface area contributed by atoms with Gasteiger partial charge in [0, 0.05) is 11.8 Å². The number of H-pyrrole nitrogens is 1. The maximum absolute atomic E-state index is 12.9. The standard InChI is InChI=1S/C14H15ClFN3O2/c1-2-3-10-7-13(19-18-10)17-14(20)8-21-12-5-4-9(16)6-11(12)15/h4-7H,2-3,8H2,1H3,(H2,17,18,19,20). The van der Waals surface area contributed by atoms with Gasteiger partial charge in [-0.1, -0.05) is 24.9 Å². The van der Waals surface area contributed by atoms with E-state index < -0.39 is 5.82 Å². The van der Waals surface area contributed by atoms with Crippen LogP contribution in [-0.2, 0) is 11.2 Å². The number of nitrogens with zero attached hydrogens (tertiary/aromatic N) is 1. The Labute approximate surface area is 126 Å². The molecule has 5 nitrogen and oxygen atoms in total. The first-order valence-electron chi connectivity index (χ1n) is 6.50. The normalized spacial score (nSPS) is 10.4. The highest BCUT2D eigenvalue weighted by atomic mass is 35.5. The third kappa shape index (κ3) is 4.46. The van der Waals surface area contributed by atoms with Crippen molar-refractivity contribution in [2.75, 3.05) is 11.9 Å². The van der Waals surface area contributed by atoms with Gasteiger partial charge in [0.2, 0.25) is 0 Å². The number of anilines is 1. The van der Waals surface area contributed by atoms with Crippen LogP contribution in [0.15, 0.2) is 24.3 Å². The van der Waals surface area contributed by atoms with Gasteiger partial charge in [0.15, 0.2) is 12.4 Å². The summed E-state index contributed by atoms with van der Waals surface area (Å²) in [5.74, 6) is -0.138. The molecule has 0 spiro atoms. The van der Waals surface area contributed by atoms with Crippen molar-refractivity contribution in [3.05, 3.63) is 40.8 Å². The van der Waals surface area contributed by atoms with E-state index in [2.05, 4.69) is 22.4 Å². The zero-order valence-corrected chi connectivity index (χ0v) is 12.2. The number of carbonyl (C=O) groups excluding carboxylic acids is 1. The molecule has 1 aromatic heterocycles. The van der Waals surface area contributed by atoms with Gasteiger partial charge in [-0.3, -0.25) is 9.89 Å². The Bertz CT molecular complexity index is 630. The molecule has 1 amide bonds. The van der Waals surface area contributed by atoms with Crippen LogP contribution in [0.25, 0.3) is 0 Å². The fraction of sp³-hybridized carbons (Fsp3) is 0.286. The Balaban J connectivity index is 1.86. The summed E-state index contributed by atoms with van der Waals surface area (Å²) in [6.45, 7) is 1.82. The molecule has 0 fully saturated rings. The number of amides is 1. The number of hydrogen-bond donors (Lipinski definition) is 2. The Kier molecular flexibility index (Phi) is 5.16. The summed E-state index contributed by atoms with van der Waals surface area (Å²) >= 11 is 5.80. The smallest absolute Gasteiger partial charge is 0.263 e. The fourth-order valence-electron chi connectivity index (χ4n) is 1.74. The van der Waals surface area contributed by atoms with Crippen molar-refractivity contribution in [3.8, 4) is 5.75 Å². The molecular formula is C14H15ClFN3O2. The van der Waals surface area contributed by atoms with Crippen LogP contribution in [0, 0.1) is 5.82 Å². The molecule has 21 heavy (non-hydrogen) atoms. The molecule has 1 heterocycles. The molecule has 0 bridgehead atoms. The molecule has 2 aromatic rings. The molecule has 0 aliphatic rings. The lowest BCUT2D eigenvalue weighted by atomic mass is 10.2. The number of halogens is 2. The summed E-state index contributed by atoms with van der Waals surface area (Å²) in [5, 5.41) is 9.52. The first kappa shape index (κ1) is 15.3. The summed E-state index contributed by atoms with van der Waals surface area (Å²) < 4.78 is 18.1. The van der Waals surface area contributed by atoms with Crippen LogP contribution in [0.4, 0.5) is 10.2 Å². The number of aryl methyl sites for hydroxylation is 1. The van der Waals surface area contributed by atoms with Crippen molar-refractivity contribution >= 4 is 23.3 Å². The third-order valence-electron chi connectivity index (χ3n) is 2.67. The van der Waals surface area contributed by atoms with Gasteiger partial charge in [0.1, 0.15) is 11.6 Å². The van der Waals surface area contributed by atoms with E-state index in [0.717, 1.165) is 24.6 Å². The van der Waals surface area contributed by atoms with Gasteiger partial charge in [0.25, 0.3) is 5.91 Å². The van der Waals surface area contributed by atoms with Crippen LogP contribution in [0.3, 0.4) is 0 Å². The van der Waals surface area contributed by atoms with Gasteiger partial charge >= 0.3 is 0 Å². The van der Waals surface area contributed by atoms with Crippen LogP contribution in [0.1, 0.15) is 19.0 Å². The second-order valence-electron chi connectivity index (χ2n) is 4.44. The Morgan fingerprint density at radius 2 is 2.29 bits per heavy atom. The van der Waals surface area contributed by atoms with Gasteiger partial charge in [0.05, 0.1) is 5.02 Å². The molecular weight excluding hydrogens is 297 g/mol. The Morgan fingerprint density at radius 1 is 1.48 bits per heavy atom. The van der Waals surface area contributed by atoms with Crippen molar-refractivity contribution in [3.63, 3.8) is 0 Å². The number of carbonyl (C=O) groups is 1. The summed E-state index contributed by atoms with van der Waals surface area (Å²) in [7, 11) is 0. The minimum Gasteiger partial charge on any atom is -0.482 e. The molecule has 0 unspecified atom stereocenters. The summed E-state index contributed by atoms with van der Waals surface area (Å²) in [5.41, 5.74) is 0.954. The number of aromatic amines is 1. The van der Waals surface area contributed by atoms with Crippen LogP contribution < -0.4 is 10.1 Å². The van der Waals surface area contributed by atoms with Crippen molar-refractivity contribution in [1.82, 2.24) is 10.2 Å². The largest absolute Gasteiger partial charge is 0.482 e. The molecule has 0 radical (unpaired) electrons. The first-order chi connectivity index (χ1) is 10.1. The number of benzene rings is 1. The predicted octanol–water partition coefficient (Wildman–Crippen LogP) is 3.17. The van der Waals surface area contributed by atoms with Crippen molar-refractivity contribution in [2.45, 2.75) is 19.8 Å². The van der Waals surface area contributed by atoms with Crippen molar-refractivity contribution in [2.24, 2.45) is 0 Å². The van der Waals surface area contributed by atoms with E-state index in [1.807, 2.05) is 0 Å². The lowest BCUT2D eigenvalue weighted by Gasteiger charge is -2.07. The number of rotatable bonds is 6. The highest BCUT2D eigenvalue weighted by Gasteiger charge is 2.09. The van der Waals surface area contributed by atoms with E-state index in [9.17, 15) is 9.18 Å².